The third-order valence-electron chi connectivity index (χ3n) is 4.95. The van der Waals surface area contributed by atoms with E-state index in [-0.39, 0.29) is 5.91 Å². The first-order valence-corrected chi connectivity index (χ1v) is 10.3. The third-order valence-corrected chi connectivity index (χ3v) is 5.79. The zero-order chi connectivity index (χ0) is 18.6. The van der Waals surface area contributed by atoms with Gasteiger partial charge in [-0.3, -0.25) is 4.79 Å². The summed E-state index contributed by atoms with van der Waals surface area (Å²) < 4.78 is 5.27. The molecule has 8 heteroatoms. The fourth-order valence-corrected chi connectivity index (χ4v) is 4.14. The smallest absolute Gasteiger partial charge is 0.230 e. The van der Waals surface area contributed by atoms with Crippen molar-refractivity contribution in [2.24, 2.45) is 0 Å². The Morgan fingerprint density at radius 1 is 1.26 bits per heavy atom. The highest BCUT2D eigenvalue weighted by Gasteiger charge is 2.16. The zero-order valence-corrected chi connectivity index (χ0v) is 16.1. The number of carbonyl (C=O) groups excluding carboxylic acids is 1. The Labute approximate surface area is 161 Å². The highest BCUT2D eigenvalue weighted by molar-refractivity contribution is 7.99. The van der Waals surface area contributed by atoms with E-state index in [0.717, 1.165) is 29.5 Å². The summed E-state index contributed by atoms with van der Waals surface area (Å²) in [6.45, 7) is 0. The van der Waals surface area contributed by atoms with E-state index < -0.39 is 0 Å². The van der Waals surface area contributed by atoms with Crippen molar-refractivity contribution in [1.29, 1.82) is 0 Å². The molecular formula is C19H23N5O2S. The van der Waals surface area contributed by atoms with Gasteiger partial charge in [-0.15, -0.1) is 10.2 Å². The van der Waals surface area contributed by atoms with E-state index in [9.17, 15) is 4.79 Å². The third kappa shape index (κ3) is 4.16. The SMILES string of the molecule is COc1ccc2[nH]c3nc(SCC(=O)NC4CCCCCC4)nnc3c2c1. The van der Waals surface area contributed by atoms with Gasteiger partial charge in [0.25, 0.3) is 0 Å². The van der Waals surface area contributed by atoms with Gasteiger partial charge in [0, 0.05) is 16.9 Å². The summed E-state index contributed by atoms with van der Waals surface area (Å²) in [5, 5.41) is 13.0. The first-order chi connectivity index (χ1) is 13.2. The van der Waals surface area contributed by atoms with Crippen LogP contribution in [-0.4, -0.2) is 45.0 Å². The summed E-state index contributed by atoms with van der Waals surface area (Å²) in [5.74, 6) is 1.10. The number of ether oxygens (including phenoxy) is 1. The maximum atomic E-state index is 12.2. The summed E-state index contributed by atoms with van der Waals surface area (Å²) >= 11 is 1.31. The van der Waals surface area contributed by atoms with Gasteiger partial charge in [-0.1, -0.05) is 37.4 Å². The van der Waals surface area contributed by atoms with Gasteiger partial charge in [0.05, 0.1) is 12.9 Å². The Hall–Kier alpha value is -2.35. The van der Waals surface area contributed by atoms with Crippen LogP contribution in [0.4, 0.5) is 0 Å². The fourth-order valence-electron chi connectivity index (χ4n) is 3.55. The van der Waals surface area contributed by atoms with Crippen molar-refractivity contribution in [2.45, 2.75) is 49.7 Å². The van der Waals surface area contributed by atoms with Crippen LogP contribution in [0.25, 0.3) is 22.1 Å². The molecule has 2 N–H and O–H groups in total. The zero-order valence-electron chi connectivity index (χ0n) is 15.3. The first-order valence-electron chi connectivity index (χ1n) is 9.35. The molecule has 1 amide bonds. The molecule has 0 atom stereocenters. The van der Waals surface area contributed by atoms with Crippen molar-refractivity contribution in [3.05, 3.63) is 18.2 Å². The van der Waals surface area contributed by atoms with E-state index in [0.29, 0.717) is 28.1 Å². The number of hydrogen-bond acceptors (Lipinski definition) is 6. The summed E-state index contributed by atoms with van der Waals surface area (Å²) in [6, 6.07) is 6.05. The average Bonchev–Trinajstić information content (AvgIpc) is 2.84. The molecule has 27 heavy (non-hydrogen) atoms. The first kappa shape index (κ1) is 18.0. The van der Waals surface area contributed by atoms with Crippen molar-refractivity contribution in [3.63, 3.8) is 0 Å². The summed E-state index contributed by atoms with van der Waals surface area (Å²) in [5.41, 5.74) is 2.30. The van der Waals surface area contributed by atoms with E-state index in [2.05, 4.69) is 25.5 Å². The number of H-pyrrole nitrogens is 1. The molecule has 1 aromatic carbocycles. The van der Waals surface area contributed by atoms with Crippen LogP contribution in [0.2, 0.25) is 0 Å². The van der Waals surface area contributed by atoms with Gasteiger partial charge in [0.2, 0.25) is 11.1 Å². The Morgan fingerprint density at radius 2 is 2.07 bits per heavy atom. The molecule has 4 rings (SSSR count). The predicted molar refractivity (Wildman–Crippen MR) is 106 cm³/mol. The Bertz CT molecular complexity index is 950. The molecule has 0 unspecified atom stereocenters. The van der Waals surface area contributed by atoms with Crippen LogP contribution in [0, 0.1) is 0 Å². The number of benzene rings is 1. The molecule has 1 aliphatic carbocycles. The number of nitrogens with zero attached hydrogens (tertiary/aromatic N) is 3. The van der Waals surface area contributed by atoms with Crippen LogP contribution in [0.5, 0.6) is 5.75 Å². The van der Waals surface area contributed by atoms with E-state index in [4.69, 9.17) is 4.74 Å². The molecule has 3 aromatic rings. The normalized spacial score (nSPS) is 15.7. The molecule has 0 radical (unpaired) electrons. The molecule has 2 aromatic heterocycles. The minimum Gasteiger partial charge on any atom is -0.497 e. The lowest BCUT2D eigenvalue weighted by Crippen LogP contribution is -2.35. The minimum absolute atomic E-state index is 0.0389. The van der Waals surface area contributed by atoms with Gasteiger partial charge >= 0.3 is 0 Å². The Balaban J connectivity index is 1.43. The molecule has 0 bridgehead atoms. The lowest BCUT2D eigenvalue weighted by Gasteiger charge is -2.15. The molecule has 1 saturated carbocycles. The Morgan fingerprint density at radius 3 is 2.85 bits per heavy atom. The van der Waals surface area contributed by atoms with Crippen LogP contribution in [-0.2, 0) is 4.79 Å². The van der Waals surface area contributed by atoms with E-state index in [1.54, 1.807) is 7.11 Å². The van der Waals surface area contributed by atoms with Gasteiger partial charge in [0.1, 0.15) is 11.3 Å². The van der Waals surface area contributed by atoms with Crippen LogP contribution >= 0.6 is 11.8 Å². The number of thioether (sulfide) groups is 1. The van der Waals surface area contributed by atoms with E-state index >= 15 is 0 Å². The summed E-state index contributed by atoms with van der Waals surface area (Å²) in [6.07, 6.45) is 7.12. The highest BCUT2D eigenvalue weighted by atomic mass is 32.2. The topological polar surface area (TPSA) is 92.8 Å². The number of fused-ring (bicyclic) bond motifs is 3. The molecule has 2 heterocycles. The van der Waals surface area contributed by atoms with Gasteiger partial charge in [-0.25, -0.2) is 4.98 Å². The molecule has 142 valence electrons. The van der Waals surface area contributed by atoms with Crippen molar-refractivity contribution in [2.75, 3.05) is 12.9 Å². The molecule has 0 saturated heterocycles. The molecule has 0 aliphatic heterocycles. The van der Waals surface area contributed by atoms with Gasteiger partial charge < -0.3 is 15.0 Å². The van der Waals surface area contributed by atoms with Crippen LogP contribution in [0.15, 0.2) is 23.4 Å². The number of amides is 1. The number of carbonyl (C=O) groups is 1. The standard InChI is InChI=1S/C19H23N5O2S/c1-26-13-8-9-15-14(10-13)17-18(21-15)22-19(24-23-17)27-11-16(25)20-12-6-4-2-3-5-7-12/h8-10,12H,2-7,11H2,1H3,(H,20,25)(H,21,22,24). The largest absolute Gasteiger partial charge is 0.497 e. The van der Waals surface area contributed by atoms with Crippen molar-refractivity contribution >= 4 is 39.7 Å². The Kier molecular flexibility index (Phi) is 5.42. The average molecular weight is 385 g/mol. The number of aromatic nitrogens is 4. The maximum Gasteiger partial charge on any atom is 0.230 e. The molecule has 1 fully saturated rings. The maximum absolute atomic E-state index is 12.2. The highest BCUT2D eigenvalue weighted by Crippen LogP contribution is 2.27. The minimum atomic E-state index is 0.0389. The van der Waals surface area contributed by atoms with Crippen LogP contribution in [0.3, 0.4) is 0 Å². The molecule has 7 nitrogen and oxygen atoms in total. The second-order valence-corrected chi connectivity index (χ2v) is 7.82. The molecular weight excluding hydrogens is 362 g/mol. The fraction of sp³-hybridized carbons (Fsp3) is 0.474. The number of rotatable bonds is 5. The van der Waals surface area contributed by atoms with Crippen LogP contribution in [0.1, 0.15) is 38.5 Å². The molecule has 1 aliphatic rings. The van der Waals surface area contributed by atoms with Crippen molar-refractivity contribution in [1.82, 2.24) is 25.5 Å². The number of methoxy groups -OCH3 is 1. The van der Waals surface area contributed by atoms with E-state index in [1.165, 1.54) is 37.4 Å². The van der Waals surface area contributed by atoms with Gasteiger partial charge in [-0.2, -0.15) is 0 Å². The quantitative estimate of drug-likeness (QED) is 0.516. The second kappa shape index (κ2) is 8.12. The number of hydrogen-bond donors (Lipinski definition) is 2. The monoisotopic (exact) mass is 385 g/mol. The van der Waals surface area contributed by atoms with Gasteiger partial charge in [-0.05, 0) is 31.0 Å². The van der Waals surface area contributed by atoms with Crippen molar-refractivity contribution < 1.29 is 9.53 Å². The lowest BCUT2D eigenvalue weighted by atomic mass is 10.1. The summed E-state index contributed by atoms with van der Waals surface area (Å²) in [7, 11) is 1.63. The lowest BCUT2D eigenvalue weighted by molar-refractivity contribution is -0.119. The summed E-state index contributed by atoms with van der Waals surface area (Å²) in [4.78, 5) is 20.0. The van der Waals surface area contributed by atoms with E-state index in [1.807, 2.05) is 18.2 Å². The second-order valence-electron chi connectivity index (χ2n) is 6.87. The molecule has 0 spiro atoms. The number of nitrogens with one attached hydrogen (secondary N) is 2. The van der Waals surface area contributed by atoms with Crippen molar-refractivity contribution in [3.8, 4) is 5.75 Å². The van der Waals surface area contributed by atoms with Crippen LogP contribution < -0.4 is 10.1 Å². The van der Waals surface area contributed by atoms with Gasteiger partial charge in [0.15, 0.2) is 5.65 Å². The number of aromatic amines is 1. The predicted octanol–water partition coefficient (Wildman–Crippen LogP) is 3.45.